The first-order valence-corrected chi connectivity index (χ1v) is 6.41. The van der Waals surface area contributed by atoms with E-state index in [2.05, 4.69) is 11.8 Å². The Morgan fingerprint density at radius 2 is 2.40 bits per heavy atom. The number of amides is 1. The van der Waals surface area contributed by atoms with Crippen molar-refractivity contribution in [3.05, 3.63) is 35.1 Å². The molecule has 1 aromatic rings. The van der Waals surface area contributed by atoms with Gasteiger partial charge in [-0.1, -0.05) is 11.8 Å². The second-order valence-electron chi connectivity index (χ2n) is 4.57. The molecule has 106 valence electrons. The monoisotopic (exact) mass is 277 g/mol. The van der Waals surface area contributed by atoms with Crippen LogP contribution in [0.15, 0.2) is 18.2 Å². The fourth-order valence-corrected chi connectivity index (χ4v) is 2.12. The van der Waals surface area contributed by atoms with Gasteiger partial charge in [0.15, 0.2) is 0 Å². The third-order valence-corrected chi connectivity index (χ3v) is 3.14. The number of hydrogen-bond acceptors (Lipinski definition) is 3. The van der Waals surface area contributed by atoms with Crippen LogP contribution < -0.4 is 0 Å². The van der Waals surface area contributed by atoms with Crippen LogP contribution in [0.5, 0.6) is 0 Å². The fraction of sp³-hybridized carbons (Fsp3) is 0.400. The highest BCUT2D eigenvalue weighted by Gasteiger charge is 2.26. The maximum Gasteiger partial charge on any atom is 0.255 e. The van der Waals surface area contributed by atoms with Gasteiger partial charge in [0.05, 0.1) is 24.8 Å². The zero-order valence-corrected chi connectivity index (χ0v) is 11.2. The Morgan fingerprint density at radius 3 is 3.10 bits per heavy atom. The molecule has 0 aromatic heterocycles. The molecule has 2 rings (SSSR count). The van der Waals surface area contributed by atoms with E-state index in [0.717, 1.165) is 0 Å². The van der Waals surface area contributed by atoms with E-state index in [1.807, 2.05) is 6.92 Å². The number of hydrogen-bond donors (Lipinski definition) is 1. The first-order chi connectivity index (χ1) is 9.63. The zero-order chi connectivity index (χ0) is 14.5. The molecule has 1 fully saturated rings. The second-order valence-corrected chi connectivity index (χ2v) is 4.57. The van der Waals surface area contributed by atoms with Crippen molar-refractivity contribution in [3.63, 3.8) is 0 Å². The van der Waals surface area contributed by atoms with Gasteiger partial charge in [-0.25, -0.2) is 4.39 Å². The van der Waals surface area contributed by atoms with Crippen LogP contribution >= 0.6 is 0 Å². The number of carbonyl (C=O) groups is 1. The Morgan fingerprint density at radius 1 is 1.60 bits per heavy atom. The zero-order valence-electron chi connectivity index (χ0n) is 11.2. The third-order valence-electron chi connectivity index (χ3n) is 3.14. The summed E-state index contributed by atoms with van der Waals surface area (Å²) in [5, 5.41) is 8.74. The standard InChI is InChI=1S/C15H16FNO3/c1-11-10-20-8-6-17(11)15(19)14-9-13(16)5-4-12(14)3-2-7-18/h4-5,9,11,18H,6-8,10H2,1H3. The number of halogens is 1. The molecule has 0 aliphatic carbocycles. The smallest absolute Gasteiger partial charge is 0.255 e. The summed E-state index contributed by atoms with van der Waals surface area (Å²) in [7, 11) is 0. The van der Waals surface area contributed by atoms with Crippen molar-refractivity contribution in [3.8, 4) is 11.8 Å². The van der Waals surface area contributed by atoms with Crippen LogP contribution in [0.3, 0.4) is 0 Å². The Labute approximate surface area is 117 Å². The van der Waals surface area contributed by atoms with E-state index in [1.54, 1.807) is 4.90 Å². The lowest BCUT2D eigenvalue weighted by atomic mass is 10.0. The number of aliphatic hydroxyl groups excluding tert-OH is 1. The quantitative estimate of drug-likeness (QED) is 0.780. The van der Waals surface area contributed by atoms with Gasteiger partial charge in [-0.15, -0.1) is 0 Å². The maximum absolute atomic E-state index is 13.4. The fourth-order valence-electron chi connectivity index (χ4n) is 2.12. The number of carbonyl (C=O) groups excluding carboxylic acids is 1. The van der Waals surface area contributed by atoms with Crippen molar-refractivity contribution in [2.24, 2.45) is 0 Å². The van der Waals surface area contributed by atoms with Gasteiger partial charge in [-0.05, 0) is 25.1 Å². The number of ether oxygens (including phenoxy) is 1. The summed E-state index contributed by atoms with van der Waals surface area (Å²) >= 11 is 0. The number of benzene rings is 1. The molecule has 1 saturated heterocycles. The van der Waals surface area contributed by atoms with Gasteiger partial charge >= 0.3 is 0 Å². The lowest BCUT2D eigenvalue weighted by molar-refractivity contribution is 0.00355. The van der Waals surface area contributed by atoms with Crippen molar-refractivity contribution in [2.45, 2.75) is 13.0 Å². The van der Waals surface area contributed by atoms with E-state index >= 15 is 0 Å². The predicted molar refractivity (Wildman–Crippen MR) is 71.7 cm³/mol. The summed E-state index contributed by atoms with van der Waals surface area (Å²) in [5.74, 6) is 4.42. The number of morpholine rings is 1. The molecule has 0 spiro atoms. The Bertz CT molecular complexity index is 562. The van der Waals surface area contributed by atoms with E-state index in [0.29, 0.717) is 25.3 Å². The van der Waals surface area contributed by atoms with E-state index in [1.165, 1.54) is 18.2 Å². The number of aliphatic hydroxyl groups is 1. The van der Waals surface area contributed by atoms with Gasteiger partial charge < -0.3 is 14.7 Å². The molecule has 1 aliphatic heterocycles. The minimum absolute atomic E-state index is 0.0573. The van der Waals surface area contributed by atoms with Gasteiger partial charge in [0, 0.05) is 12.1 Å². The molecule has 1 atom stereocenters. The predicted octanol–water partition coefficient (Wildman–Crippen LogP) is 1.03. The molecular weight excluding hydrogens is 261 g/mol. The molecule has 5 heteroatoms. The normalized spacial score (nSPS) is 18.4. The molecule has 0 radical (unpaired) electrons. The average Bonchev–Trinajstić information content (AvgIpc) is 2.46. The van der Waals surface area contributed by atoms with Crippen LogP contribution in [-0.4, -0.2) is 48.3 Å². The largest absolute Gasteiger partial charge is 0.384 e. The summed E-state index contributed by atoms with van der Waals surface area (Å²) < 4.78 is 18.7. The molecule has 1 heterocycles. The van der Waals surface area contributed by atoms with E-state index in [4.69, 9.17) is 9.84 Å². The molecule has 1 N–H and O–H groups in total. The Kier molecular flexibility index (Phi) is 4.72. The van der Waals surface area contributed by atoms with Crippen LogP contribution in [0.4, 0.5) is 4.39 Å². The summed E-state index contributed by atoms with van der Waals surface area (Å²) in [4.78, 5) is 14.2. The third kappa shape index (κ3) is 3.16. The molecule has 0 saturated carbocycles. The minimum atomic E-state index is -0.483. The van der Waals surface area contributed by atoms with Crippen molar-refractivity contribution in [1.82, 2.24) is 4.90 Å². The van der Waals surface area contributed by atoms with Crippen molar-refractivity contribution >= 4 is 5.91 Å². The van der Waals surface area contributed by atoms with Gasteiger partial charge in [0.2, 0.25) is 0 Å². The van der Waals surface area contributed by atoms with E-state index < -0.39 is 5.82 Å². The molecule has 0 bridgehead atoms. The average molecular weight is 277 g/mol. The highest BCUT2D eigenvalue weighted by molar-refractivity contribution is 5.97. The summed E-state index contributed by atoms with van der Waals surface area (Å²) in [6, 6.07) is 3.83. The topological polar surface area (TPSA) is 49.8 Å². The van der Waals surface area contributed by atoms with Gasteiger partial charge in [-0.3, -0.25) is 4.79 Å². The number of nitrogens with zero attached hydrogens (tertiary/aromatic N) is 1. The van der Waals surface area contributed by atoms with Crippen LogP contribution in [0.1, 0.15) is 22.8 Å². The van der Waals surface area contributed by atoms with Crippen molar-refractivity contribution < 1.29 is 19.0 Å². The second kappa shape index (κ2) is 6.51. The van der Waals surface area contributed by atoms with Crippen LogP contribution in [0, 0.1) is 17.7 Å². The number of rotatable bonds is 1. The molecular formula is C15H16FNO3. The van der Waals surface area contributed by atoms with Crippen LogP contribution in [-0.2, 0) is 4.74 Å². The molecule has 1 unspecified atom stereocenters. The lowest BCUT2D eigenvalue weighted by Crippen LogP contribution is -2.47. The van der Waals surface area contributed by atoms with Crippen molar-refractivity contribution in [1.29, 1.82) is 0 Å². The summed E-state index contributed by atoms with van der Waals surface area (Å²) in [6.45, 7) is 3.00. The first kappa shape index (κ1) is 14.5. The van der Waals surface area contributed by atoms with Crippen molar-refractivity contribution in [2.75, 3.05) is 26.4 Å². The molecule has 1 aromatic carbocycles. The maximum atomic E-state index is 13.4. The van der Waals surface area contributed by atoms with E-state index in [-0.39, 0.29) is 24.1 Å². The highest BCUT2D eigenvalue weighted by Crippen LogP contribution is 2.17. The first-order valence-electron chi connectivity index (χ1n) is 6.41. The van der Waals surface area contributed by atoms with E-state index in [9.17, 15) is 9.18 Å². The highest BCUT2D eigenvalue weighted by atomic mass is 19.1. The summed E-state index contributed by atoms with van der Waals surface area (Å²) in [6.07, 6.45) is 0. The Hall–Kier alpha value is -1.90. The Balaban J connectivity index is 2.34. The molecule has 4 nitrogen and oxygen atoms in total. The van der Waals surface area contributed by atoms with Gasteiger partial charge in [-0.2, -0.15) is 0 Å². The summed E-state index contributed by atoms with van der Waals surface area (Å²) in [5.41, 5.74) is 0.642. The van der Waals surface area contributed by atoms with Crippen LogP contribution in [0.25, 0.3) is 0 Å². The molecule has 1 amide bonds. The SMILES string of the molecule is CC1COCCN1C(=O)c1cc(F)ccc1C#CCO. The van der Waals surface area contributed by atoms with Gasteiger partial charge in [0.1, 0.15) is 12.4 Å². The minimum Gasteiger partial charge on any atom is -0.384 e. The lowest BCUT2D eigenvalue weighted by Gasteiger charge is -2.33. The molecule has 20 heavy (non-hydrogen) atoms. The van der Waals surface area contributed by atoms with Crippen LogP contribution in [0.2, 0.25) is 0 Å². The van der Waals surface area contributed by atoms with Gasteiger partial charge in [0.25, 0.3) is 5.91 Å². The molecule has 1 aliphatic rings.